The Bertz CT molecular complexity index is 471. The molecule has 0 aliphatic heterocycles. The Morgan fingerprint density at radius 1 is 0.769 bits per heavy atom. The van der Waals surface area contributed by atoms with Gasteiger partial charge in [0.05, 0.1) is 36.4 Å². The van der Waals surface area contributed by atoms with E-state index < -0.39 is 59.8 Å². The lowest BCUT2D eigenvalue weighted by Gasteiger charge is -2.44. The van der Waals surface area contributed by atoms with Crippen LogP contribution in [0.1, 0.15) is 41.5 Å². The molecule has 2 amide bonds. The van der Waals surface area contributed by atoms with Gasteiger partial charge in [-0.05, 0) is 41.5 Å². The van der Waals surface area contributed by atoms with Crippen LogP contribution in [0.4, 0.5) is 9.59 Å². The molecule has 26 heavy (non-hydrogen) atoms. The Balaban J connectivity index is 2.89. The number of nitrogens with two attached hydrogens (primary N) is 1. The summed E-state index contributed by atoms with van der Waals surface area (Å²) < 4.78 is 10.2. The molecule has 10 heteroatoms. The van der Waals surface area contributed by atoms with Crippen LogP contribution in [-0.4, -0.2) is 75.1 Å². The van der Waals surface area contributed by atoms with Gasteiger partial charge in [-0.3, -0.25) is 0 Å². The summed E-state index contributed by atoms with van der Waals surface area (Å²) in [5, 5.41) is 35.5. The zero-order chi connectivity index (χ0) is 20.4. The van der Waals surface area contributed by atoms with Crippen LogP contribution in [0.15, 0.2) is 0 Å². The number of rotatable bonds is 2. The van der Waals surface area contributed by atoms with Gasteiger partial charge in [0.2, 0.25) is 0 Å². The fourth-order valence-corrected chi connectivity index (χ4v) is 2.54. The molecule has 1 saturated carbocycles. The van der Waals surface area contributed by atoms with E-state index in [2.05, 4.69) is 10.6 Å². The minimum atomic E-state index is -1.53. The van der Waals surface area contributed by atoms with Gasteiger partial charge in [0.1, 0.15) is 11.2 Å². The molecule has 1 aliphatic carbocycles. The van der Waals surface area contributed by atoms with Crippen molar-refractivity contribution < 1.29 is 34.4 Å². The first-order valence-electron chi connectivity index (χ1n) is 8.41. The maximum absolute atomic E-state index is 12.0. The molecule has 0 radical (unpaired) electrons. The molecule has 152 valence electrons. The van der Waals surface area contributed by atoms with Crippen LogP contribution in [0, 0.1) is 0 Å². The lowest BCUT2D eigenvalue weighted by Crippen LogP contribution is -2.74. The van der Waals surface area contributed by atoms with Crippen LogP contribution in [0.5, 0.6) is 0 Å². The molecule has 6 atom stereocenters. The summed E-state index contributed by atoms with van der Waals surface area (Å²) >= 11 is 0. The Labute approximate surface area is 153 Å². The highest BCUT2D eigenvalue weighted by atomic mass is 16.6. The van der Waals surface area contributed by atoms with Crippen LogP contribution >= 0.6 is 0 Å². The minimum Gasteiger partial charge on any atom is -0.444 e. The van der Waals surface area contributed by atoms with Gasteiger partial charge in [0.25, 0.3) is 0 Å². The van der Waals surface area contributed by atoms with E-state index in [1.807, 2.05) is 0 Å². The quantitative estimate of drug-likeness (QED) is 0.364. The summed E-state index contributed by atoms with van der Waals surface area (Å²) in [5.41, 5.74) is 4.20. The lowest BCUT2D eigenvalue weighted by molar-refractivity contribution is -0.0897. The van der Waals surface area contributed by atoms with Gasteiger partial charge in [-0.1, -0.05) is 0 Å². The van der Waals surface area contributed by atoms with E-state index in [0.29, 0.717) is 0 Å². The van der Waals surface area contributed by atoms with Gasteiger partial charge >= 0.3 is 12.2 Å². The maximum atomic E-state index is 12.0. The van der Waals surface area contributed by atoms with E-state index in [1.54, 1.807) is 41.5 Å². The van der Waals surface area contributed by atoms with Crippen LogP contribution in [0.2, 0.25) is 0 Å². The second-order valence-electron chi connectivity index (χ2n) is 8.39. The van der Waals surface area contributed by atoms with Crippen molar-refractivity contribution in [1.29, 1.82) is 0 Å². The predicted molar refractivity (Wildman–Crippen MR) is 92.3 cm³/mol. The van der Waals surface area contributed by atoms with Gasteiger partial charge in [-0.25, -0.2) is 9.59 Å². The molecule has 1 fully saturated rings. The molecule has 1 aliphatic rings. The number of carbonyl (C=O) groups is 2. The molecule has 2 unspecified atom stereocenters. The Morgan fingerprint density at radius 3 is 1.35 bits per heavy atom. The number of hydrogen-bond acceptors (Lipinski definition) is 8. The lowest BCUT2D eigenvalue weighted by atomic mass is 9.80. The number of amides is 2. The Hall–Kier alpha value is -1.62. The van der Waals surface area contributed by atoms with Gasteiger partial charge in [0.15, 0.2) is 0 Å². The highest BCUT2D eigenvalue weighted by Gasteiger charge is 2.49. The summed E-state index contributed by atoms with van der Waals surface area (Å²) in [4.78, 5) is 23.9. The molecule has 0 aromatic rings. The first kappa shape index (κ1) is 22.4. The number of hydrogen-bond donors (Lipinski definition) is 6. The summed E-state index contributed by atoms with van der Waals surface area (Å²) in [6.45, 7) is 9.93. The molecule has 0 saturated heterocycles. The van der Waals surface area contributed by atoms with Crippen molar-refractivity contribution in [2.75, 3.05) is 0 Å². The number of aliphatic hydroxyl groups is 3. The molecular formula is C16H31N3O7. The molecule has 0 aromatic carbocycles. The molecule has 0 heterocycles. The fourth-order valence-electron chi connectivity index (χ4n) is 2.54. The third-order valence-corrected chi connectivity index (χ3v) is 3.63. The second-order valence-corrected chi connectivity index (χ2v) is 8.39. The van der Waals surface area contributed by atoms with E-state index >= 15 is 0 Å². The Kier molecular flexibility index (Phi) is 6.86. The fraction of sp³-hybridized carbons (Fsp3) is 0.875. The largest absolute Gasteiger partial charge is 0.444 e. The van der Waals surface area contributed by atoms with Gasteiger partial charge in [0, 0.05) is 0 Å². The standard InChI is InChI=1S/C16H31N3O7/c1-15(2,3)25-13(23)18-8-10(20)7(17)11(21)9(12(8)22)19-14(24)26-16(4,5)6/h7-12,20-22H,17H2,1-6H3,(H,18,23)(H,19,24)/t7?,8-,9+,10-,11+,12?. The van der Waals surface area contributed by atoms with Gasteiger partial charge < -0.3 is 41.2 Å². The molecule has 1 rings (SSSR count). The van der Waals surface area contributed by atoms with E-state index in [1.165, 1.54) is 0 Å². The number of carbonyl (C=O) groups excluding carboxylic acids is 2. The summed E-state index contributed by atoms with van der Waals surface area (Å²) in [6.07, 6.45) is -6.19. The van der Waals surface area contributed by atoms with Crippen LogP contribution < -0.4 is 16.4 Å². The van der Waals surface area contributed by atoms with Gasteiger partial charge in [-0.15, -0.1) is 0 Å². The summed E-state index contributed by atoms with van der Waals surface area (Å²) in [5.74, 6) is 0. The number of nitrogens with one attached hydrogen (secondary N) is 2. The average molecular weight is 377 g/mol. The van der Waals surface area contributed by atoms with Crippen molar-refractivity contribution in [3.05, 3.63) is 0 Å². The Morgan fingerprint density at radius 2 is 1.08 bits per heavy atom. The van der Waals surface area contributed by atoms with Gasteiger partial charge in [-0.2, -0.15) is 0 Å². The van der Waals surface area contributed by atoms with E-state index in [9.17, 15) is 24.9 Å². The highest BCUT2D eigenvalue weighted by molar-refractivity contribution is 5.69. The normalized spacial score (nSPS) is 32.5. The zero-order valence-corrected chi connectivity index (χ0v) is 16.0. The first-order chi connectivity index (χ1) is 11.6. The second kappa shape index (κ2) is 7.95. The number of ether oxygens (including phenoxy) is 2. The molecule has 7 N–H and O–H groups in total. The van der Waals surface area contributed by atoms with Crippen molar-refractivity contribution in [3.63, 3.8) is 0 Å². The van der Waals surface area contributed by atoms with Crippen molar-refractivity contribution in [3.8, 4) is 0 Å². The van der Waals surface area contributed by atoms with Crippen molar-refractivity contribution in [1.82, 2.24) is 10.6 Å². The van der Waals surface area contributed by atoms with Crippen LogP contribution in [0.25, 0.3) is 0 Å². The summed E-state index contributed by atoms with van der Waals surface area (Å²) in [6, 6.07) is -3.75. The first-order valence-corrected chi connectivity index (χ1v) is 8.41. The van der Waals surface area contributed by atoms with Crippen LogP contribution in [0.3, 0.4) is 0 Å². The molecular weight excluding hydrogens is 346 g/mol. The topological polar surface area (TPSA) is 163 Å². The molecule has 0 spiro atoms. The highest BCUT2D eigenvalue weighted by Crippen LogP contribution is 2.22. The monoisotopic (exact) mass is 377 g/mol. The smallest absolute Gasteiger partial charge is 0.408 e. The van der Waals surface area contributed by atoms with Crippen molar-refractivity contribution >= 4 is 12.2 Å². The van der Waals surface area contributed by atoms with E-state index in [0.717, 1.165) is 0 Å². The van der Waals surface area contributed by atoms with E-state index in [-0.39, 0.29) is 0 Å². The zero-order valence-electron chi connectivity index (χ0n) is 16.0. The predicted octanol–water partition coefficient (Wildman–Crippen LogP) is -0.803. The SMILES string of the molecule is CC(C)(C)OC(=O)N[C@@H]1C(O)[C@H](NC(=O)OC(C)(C)C)[C@H](O)C(N)[C@@H]1O. The van der Waals surface area contributed by atoms with Crippen molar-refractivity contribution in [2.45, 2.75) is 89.2 Å². The van der Waals surface area contributed by atoms with Crippen molar-refractivity contribution in [2.24, 2.45) is 5.73 Å². The third kappa shape index (κ3) is 6.27. The molecule has 10 nitrogen and oxygen atoms in total. The minimum absolute atomic E-state index is 0.787. The third-order valence-electron chi connectivity index (χ3n) is 3.63. The number of alkyl carbamates (subject to hydrolysis) is 2. The number of aliphatic hydroxyl groups excluding tert-OH is 3. The summed E-state index contributed by atoms with van der Waals surface area (Å²) in [7, 11) is 0. The molecule has 0 aromatic heterocycles. The van der Waals surface area contributed by atoms with E-state index in [4.69, 9.17) is 15.2 Å². The maximum Gasteiger partial charge on any atom is 0.408 e. The van der Waals surface area contributed by atoms with Crippen LogP contribution in [-0.2, 0) is 9.47 Å². The average Bonchev–Trinajstić information content (AvgIpc) is 2.42. The molecule has 0 bridgehead atoms.